The van der Waals surface area contributed by atoms with Gasteiger partial charge < -0.3 is 10.1 Å². The van der Waals surface area contributed by atoms with Gasteiger partial charge in [-0.3, -0.25) is 4.79 Å². The summed E-state index contributed by atoms with van der Waals surface area (Å²) in [4.78, 5) is 11.4. The maximum absolute atomic E-state index is 11.9. The molecule has 1 amide bonds. The van der Waals surface area contributed by atoms with Crippen LogP contribution in [-0.2, 0) is 0 Å². The maximum atomic E-state index is 11.9. The number of amides is 1. The molecule has 1 rings (SSSR count). The Morgan fingerprint density at radius 1 is 1.29 bits per heavy atom. The van der Waals surface area contributed by atoms with Gasteiger partial charge in [-0.15, -0.1) is 24.8 Å². The van der Waals surface area contributed by atoms with E-state index in [4.69, 9.17) is 11.6 Å². The molecule has 0 unspecified atom stereocenters. The van der Waals surface area contributed by atoms with Crippen molar-refractivity contribution in [2.75, 3.05) is 12.4 Å². The van der Waals surface area contributed by atoms with Crippen molar-refractivity contribution < 1.29 is 22.7 Å². The van der Waals surface area contributed by atoms with Crippen molar-refractivity contribution in [2.24, 2.45) is 0 Å². The topological polar surface area (TPSA) is 38.3 Å². The predicted molar refractivity (Wildman–Crippen MR) is 56.2 cm³/mol. The van der Waals surface area contributed by atoms with Crippen LogP contribution in [0.15, 0.2) is 24.3 Å². The first-order chi connectivity index (χ1) is 7.92. The summed E-state index contributed by atoms with van der Waals surface area (Å²) in [5.41, 5.74) is 0.240. The lowest BCUT2D eigenvalue weighted by Gasteiger charge is -2.09. The number of hydrogen-bond acceptors (Lipinski definition) is 2. The number of nitrogens with one attached hydrogen (secondary N) is 1. The van der Waals surface area contributed by atoms with Gasteiger partial charge in [0.2, 0.25) is 0 Å². The lowest BCUT2D eigenvalue weighted by molar-refractivity contribution is -0.274. The zero-order valence-electron chi connectivity index (χ0n) is 8.55. The van der Waals surface area contributed by atoms with E-state index in [9.17, 15) is 18.0 Å². The van der Waals surface area contributed by atoms with E-state index in [2.05, 4.69) is 10.1 Å². The molecular weight excluding hydrogens is 259 g/mol. The molecule has 1 aromatic carbocycles. The summed E-state index contributed by atoms with van der Waals surface area (Å²) >= 11 is 5.37. The Labute approximate surface area is 101 Å². The fourth-order valence-corrected chi connectivity index (χ4v) is 1.17. The molecule has 0 heterocycles. The van der Waals surface area contributed by atoms with Gasteiger partial charge in [0.05, 0.1) is 0 Å². The number of benzene rings is 1. The molecule has 7 heteroatoms. The van der Waals surface area contributed by atoms with Gasteiger partial charge in [-0.1, -0.05) is 0 Å². The van der Waals surface area contributed by atoms with Crippen molar-refractivity contribution in [3.8, 4) is 5.75 Å². The molecule has 0 fully saturated rings. The number of carbonyl (C=O) groups is 1. The maximum Gasteiger partial charge on any atom is 0.573 e. The van der Waals surface area contributed by atoms with Crippen LogP contribution in [0.25, 0.3) is 0 Å². The Balaban J connectivity index is 2.64. The molecule has 1 N–H and O–H groups in total. The van der Waals surface area contributed by atoms with Gasteiger partial charge in [0.15, 0.2) is 0 Å². The molecule has 0 aliphatic carbocycles. The fourth-order valence-electron chi connectivity index (χ4n) is 1.07. The summed E-state index contributed by atoms with van der Waals surface area (Å²) in [6.45, 7) is 0.293. The Hall–Kier alpha value is -1.43. The quantitative estimate of drug-likeness (QED) is 0.852. The van der Waals surface area contributed by atoms with Crippen LogP contribution in [0.5, 0.6) is 5.75 Å². The van der Waals surface area contributed by atoms with E-state index in [-0.39, 0.29) is 17.2 Å². The molecule has 0 aromatic heterocycles. The molecule has 1 aromatic rings. The highest BCUT2D eigenvalue weighted by Gasteiger charge is 2.30. The van der Waals surface area contributed by atoms with Gasteiger partial charge in [0.25, 0.3) is 5.91 Å². The number of halogens is 4. The van der Waals surface area contributed by atoms with Crippen LogP contribution in [0, 0.1) is 0 Å². The second-order valence-corrected chi connectivity index (χ2v) is 3.40. The summed E-state index contributed by atoms with van der Waals surface area (Å²) in [6, 6.07) is 4.63. The predicted octanol–water partition coefficient (Wildman–Crippen LogP) is 2.55. The van der Waals surface area contributed by atoms with E-state index < -0.39 is 12.3 Å². The molecular formula is C10H9ClF3NO2. The fraction of sp³-hybridized carbons (Fsp3) is 0.300. The molecule has 0 bridgehead atoms. The van der Waals surface area contributed by atoms with Gasteiger partial charge in [-0.25, -0.2) is 0 Å². The Morgan fingerprint density at radius 2 is 1.88 bits per heavy atom. The summed E-state index contributed by atoms with van der Waals surface area (Å²) in [5, 5.41) is 2.48. The smallest absolute Gasteiger partial charge is 0.406 e. The van der Waals surface area contributed by atoms with Crippen LogP contribution < -0.4 is 10.1 Å². The lowest BCUT2D eigenvalue weighted by atomic mass is 10.2. The highest BCUT2D eigenvalue weighted by Crippen LogP contribution is 2.22. The third-order valence-electron chi connectivity index (χ3n) is 1.73. The molecule has 0 spiro atoms. The van der Waals surface area contributed by atoms with Gasteiger partial charge in [-0.05, 0) is 24.3 Å². The number of hydrogen-bond donors (Lipinski definition) is 1. The van der Waals surface area contributed by atoms with Crippen molar-refractivity contribution in [2.45, 2.75) is 6.36 Å². The van der Waals surface area contributed by atoms with E-state index in [0.717, 1.165) is 12.1 Å². The highest BCUT2D eigenvalue weighted by molar-refractivity contribution is 6.18. The number of alkyl halides is 4. The first-order valence-corrected chi connectivity index (χ1v) is 5.16. The largest absolute Gasteiger partial charge is 0.573 e. The van der Waals surface area contributed by atoms with Crippen molar-refractivity contribution >= 4 is 17.5 Å². The molecule has 3 nitrogen and oxygen atoms in total. The van der Waals surface area contributed by atoms with E-state index in [1.165, 1.54) is 12.1 Å². The molecule has 94 valence electrons. The third-order valence-corrected chi connectivity index (χ3v) is 1.92. The van der Waals surface area contributed by atoms with Crippen LogP contribution in [0.2, 0.25) is 0 Å². The molecule has 0 aliphatic rings. The van der Waals surface area contributed by atoms with Gasteiger partial charge >= 0.3 is 6.36 Å². The first-order valence-electron chi connectivity index (χ1n) is 4.62. The van der Waals surface area contributed by atoms with E-state index >= 15 is 0 Å². The zero-order chi connectivity index (χ0) is 12.9. The standard InChI is InChI=1S/C10H9ClF3NO2/c11-5-6-15-9(16)7-1-3-8(4-2-7)17-10(12,13)14/h1-4H,5-6H2,(H,15,16). The van der Waals surface area contributed by atoms with Crippen molar-refractivity contribution in [3.05, 3.63) is 29.8 Å². The first kappa shape index (κ1) is 13.6. The molecule has 0 radical (unpaired) electrons. The average molecular weight is 268 g/mol. The number of carbonyl (C=O) groups excluding carboxylic acids is 1. The third kappa shape index (κ3) is 4.95. The minimum absolute atomic E-state index is 0.240. The summed E-state index contributed by atoms with van der Waals surface area (Å²) in [7, 11) is 0. The minimum Gasteiger partial charge on any atom is -0.406 e. The monoisotopic (exact) mass is 267 g/mol. The van der Waals surface area contributed by atoms with Crippen LogP contribution in [0.1, 0.15) is 10.4 Å². The second-order valence-electron chi connectivity index (χ2n) is 3.02. The van der Waals surface area contributed by atoms with Crippen molar-refractivity contribution in [1.82, 2.24) is 5.32 Å². The molecule has 0 saturated heterocycles. The molecule has 0 aliphatic heterocycles. The summed E-state index contributed by atoms with van der Waals surface area (Å²) < 4.78 is 39.2. The van der Waals surface area contributed by atoms with Gasteiger partial charge in [0, 0.05) is 18.0 Å². The van der Waals surface area contributed by atoms with Gasteiger partial charge in [-0.2, -0.15) is 0 Å². The minimum atomic E-state index is -4.73. The molecule has 17 heavy (non-hydrogen) atoms. The van der Waals surface area contributed by atoms with E-state index in [1.807, 2.05) is 0 Å². The zero-order valence-corrected chi connectivity index (χ0v) is 9.31. The van der Waals surface area contributed by atoms with Crippen LogP contribution in [-0.4, -0.2) is 24.7 Å². The number of ether oxygens (including phenoxy) is 1. The normalized spacial score (nSPS) is 11.1. The molecule has 0 saturated carbocycles. The number of rotatable bonds is 4. The van der Waals surface area contributed by atoms with E-state index in [1.54, 1.807) is 0 Å². The Bertz CT molecular complexity index is 378. The van der Waals surface area contributed by atoms with Crippen LogP contribution >= 0.6 is 11.6 Å². The van der Waals surface area contributed by atoms with Crippen molar-refractivity contribution in [1.29, 1.82) is 0 Å². The van der Waals surface area contributed by atoms with E-state index in [0.29, 0.717) is 6.54 Å². The Morgan fingerprint density at radius 3 is 2.35 bits per heavy atom. The highest BCUT2D eigenvalue weighted by atomic mass is 35.5. The van der Waals surface area contributed by atoms with Crippen LogP contribution in [0.3, 0.4) is 0 Å². The SMILES string of the molecule is O=C(NCCCl)c1ccc(OC(F)(F)F)cc1. The summed E-state index contributed by atoms with van der Waals surface area (Å²) in [6.07, 6.45) is -4.73. The molecule has 0 atom stereocenters. The van der Waals surface area contributed by atoms with Gasteiger partial charge in [0.1, 0.15) is 5.75 Å². The van der Waals surface area contributed by atoms with Crippen molar-refractivity contribution in [3.63, 3.8) is 0 Å². The second kappa shape index (κ2) is 5.77. The Kier molecular flexibility index (Phi) is 4.62. The average Bonchev–Trinajstić information content (AvgIpc) is 2.24. The lowest BCUT2D eigenvalue weighted by Crippen LogP contribution is -2.25. The van der Waals surface area contributed by atoms with Crippen LogP contribution in [0.4, 0.5) is 13.2 Å². The summed E-state index contributed by atoms with van der Waals surface area (Å²) in [5.74, 6) is -0.503.